The molecule has 1 aromatic heterocycles. The third-order valence-electron chi connectivity index (χ3n) is 3.38. The van der Waals surface area contributed by atoms with Crippen LogP contribution in [0.1, 0.15) is 15.2 Å². The van der Waals surface area contributed by atoms with Crippen LogP contribution in [0.25, 0.3) is 10.1 Å². The number of ether oxygens (including phenoxy) is 1. The maximum absolute atomic E-state index is 13.4. The normalized spacial score (nSPS) is 10.7. The molecule has 23 heavy (non-hydrogen) atoms. The number of fused-ring (bicyclic) bond motifs is 1. The highest BCUT2D eigenvalue weighted by Gasteiger charge is 2.19. The molecule has 0 spiro atoms. The first-order valence-electron chi connectivity index (χ1n) is 6.87. The summed E-state index contributed by atoms with van der Waals surface area (Å²) in [6, 6.07) is 12.1. The van der Waals surface area contributed by atoms with Gasteiger partial charge in [-0.1, -0.05) is 28.1 Å². The molecule has 1 heterocycles. The van der Waals surface area contributed by atoms with Gasteiger partial charge in [0.15, 0.2) is 0 Å². The molecule has 0 aliphatic rings. The molecule has 0 bridgehead atoms. The summed E-state index contributed by atoms with van der Waals surface area (Å²) in [5.41, 5.74) is 0.993. The second kappa shape index (κ2) is 6.68. The van der Waals surface area contributed by atoms with E-state index in [0.29, 0.717) is 22.6 Å². The van der Waals surface area contributed by atoms with Crippen molar-refractivity contribution in [2.24, 2.45) is 0 Å². The Kier molecular flexibility index (Phi) is 4.63. The molecule has 3 rings (SSSR count). The van der Waals surface area contributed by atoms with E-state index in [1.165, 1.54) is 30.6 Å². The van der Waals surface area contributed by atoms with Crippen molar-refractivity contribution in [2.75, 3.05) is 7.11 Å². The van der Waals surface area contributed by atoms with E-state index in [4.69, 9.17) is 4.74 Å². The molecular weight excluding hydrogens is 381 g/mol. The van der Waals surface area contributed by atoms with Crippen molar-refractivity contribution in [3.05, 3.63) is 63.2 Å². The third-order valence-corrected chi connectivity index (χ3v) is 5.06. The average molecular weight is 394 g/mol. The first kappa shape index (κ1) is 16.0. The second-order valence-corrected chi connectivity index (χ2v) is 6.88. The van der Waals surface area contributed by atoms with Crippen LogP contribution in [0.5, 0.6) is 5.75 Å². The van der Waals surface area contributed by atoms with Gasteiger partial charge in [0, 0.05) is 21.1 Å². The van der Waals surface area contributed by atoms with Crippen LogP contribution in [-0.2, 0) is 6.54 Å². The summed E-state index contributed by atoms with van der Waals surface area (Å²) >= 11 is 4.67. The molecule has 0 fully saturated rings. The molecule has 0 atom stereocenters. The average Bonchev–Trinajstić information content (AvgIpc) is 2.91. The van der Waals surface area contributed by atoms with E-state index in [2.05, 4.69) is 21.2 Å². The predicted octanol–water partition coefficient (Wildman–Crippen LogP) is 4.74. The monoisotopic (exact) mass is 393 g/mol. The Bertz CT molecular complexity index is 861. The highest BCUT2D eigenvalue weighted by molar-refractivity contribution is 9.10. The zero-order valence-electron chi connectivity index (χ0n) is 12.2. The van der Waals surface area contributed by atoms with Crippen molar-refractivity contribution < 1.29 is 13.9 Å². The number of carbonyl (C=O) groups is 1. The summed E-state index contributed by atoms with van der Waals surface area (Å²) in [6.45, 7) is 0.415. The number of methoxy groups -OCH3 is 1. The quantitative estimate of drug-likeness (QED) is 0.694. The molecule has 0 aliphatic heterocycles. The molecule has 2 aromatic carbocycles. The summed E-state index contributed by atoms with van der Waals surface area (Å²) in [6.07, 6.45) is 0. The topological polar surface area (TPSA) is 38.3 Å². The van der Waals surface area contributed by atoms with Gasteiger partial charge in [0.1, 0.15) is 16.4 Å². The van der Waals surface area contributed by atoms with Crippen molar-refractivity contribution >= 4 is 43.3 Å². The first-order valence-corrected chi connectivity index (χ1v) is 8.48. The number of benzene rings is 2. The number of halogens is 2. The Hall–Kier alpha value is -1.92. The van der Waals surface area contributed by atoms with Crippen LogP contribution in [0.2, 0.25) is 0 Å². The van der Waals surface area contributed by atoms with Crippen molar-refractivity contribution in [1.29, 1.82) is 0 Å². The van der Waals surface area contributed by atoms with Crippen LogP contribution in [0.4, 0.5) is 4.39 Å². The van der Waals surface area contributed by atoms with Crippen molar-refractivity contribution in [1.82, 2.24) is 5.32 Å². The number of nitrogens with one attached hydrogen (secondary N) is 1. The van der Waals surface area contributed by atoms with Crippen LogP contribution < -0.4 is 10.1 Å². The van der Waals surface area contributed by atoms with Gasteiger partial charge >= 0.3 is 0 Å². The molecule has 1 N–H and O–H groups in total. The fourth-order valence-corrected chi connectivity index (χ4v) is 3.60. The summed E-state index contributed by atoms with van der Waals surface area (Å²) in [5, 5.41) is 3.48. The van der Waals surface area contributed by atoms with Crippen molar-refractivity contribution in [3.63, 3.8) is 0 Å². The van der Waals surface area contributed by atoms with Gasteiger partial charge in [-0.2, -0.15) is 0 Å². The van der Waals surface area contributed by atoms with Gasteiger partial charge in [0.25, 0.3) is 5.91 Å². The van der Waals surface area contributed by atoms with E-state index in [-0.39, 0.29) is 11.7 Å². The summed E-state index contributed by atoms with van der Waals surface area (Å²) < 4.78 is 20.5. The minimum absolute atomic E-state index is 0.230. The Balaban J connectivity index is 1.84. The van der Waals surface area contributed by atoms with Crippen molar-refractivity contribution in [2.45, 2.75) is 6.54 Å². The molecule has 3 aromatic rings. The van der Waals surface area contributed by atoms with E-state index in [9.17, 15) is 9.18 Å². The zero-order chi connectivity index (χ0) is 16.4. The minimum atomic E-state index is -0.351. The molecule has 0 aliphatic carbocycles. The minimum Gasteiger partial charge on any atom is -0.494 e. The molecule has 6 heteroatoms. The lowest BCUT2D eigenvalue weighted by atomic mass is 10.2. The highest BCUT2D eigenvalue weighted by Crippen LogP contribution is 2.37. The van der Waals surface area contributed by atoms with Gasteiger partial charge < -0.3 is 10.1 Å². The van der Waals surface area contributed by atoms with Crippen molar-refractivity contribution in [3.8, 4) is 5.75 Å². The van der Waals surface area contributed by atoms with Gasteiger partial charge in [0.2, 0.25) is 0 Å². The molecule has 1 amide bonds. The van der Waals surface area contributed by atoms with Gasteiger partial charge in [0.05, 0.1) is 7.11 Å². The van der Waals surface area contributed by atoms with E-state index in [0.717, 1.165) is 14.7 Å². The molecule has 0 radical (unpaired) electrons. The van der Waals surface area contributed by atoms with Crippen LogP contribution in [0.15, 0.2) is 46.9 Å². The predicted molar refractivity (Wildman–Crippen MR) is 93.6 cm³/mol. The lowest BCUT2D eigenvalue weighted by Crippen LogP contribution is -2.22. The van der Waals surface area contributed by atoms with E-state index in [1.54, 1.807) is 6.07 Å². The second-order valence-electron chi connectivity index (χ2n) is 4.91. The standard InChI is InChI=1S/C17H13BrFNO2S/c1-22-15-13-8-12(19)6-7-14(13)23-16(15)17(21)20-9-10-2-4-11(18)5-3-10/h2-8H,9H2,1H3,(H,20,21). The maximum atomic E-state index is 13.4. The number of amides is 1. The smallest absolute Gasteiger partial charge is 0.265 e. The maximum Gasteiger partial charge on any atom is 0.265 e. The SMILES string of the molecule is COc1c(C(=O)NCc2ccc(Br)cc2)sc2ccc(F)cc12. The molecule has 3 nitrogen and oxygen atoms in total. The van der Waals surface area contributed by atoms with Crippen LogP contribution in [0, 0.1) is 5.82 Å². The van der Waals surface area contributed by atoms with E-state index >= 15 is 0 Å². The fraction of sp³-hybridized carbons (Fsp3) is 0.118. The largest absolute Gasteiger partial charge is 0.494 e. The Morgan fingerprint density at radius 1 is 1.26 bits per heavy atom. The van der Waals surface area contributed by atoms with E-state index in [1.807, 2.05) is 24.3 Å². The lowest BCUT2D eigenvalue weighted by Gasteiger charge is -2.06. The molecule has 0 saturated heterocycles. The number of hydrogen-bond acceptors (Lipinski definition) is 3. The highest BCUT2D eigenvalue weighted by atomic mass is 79.9. The molecule has 0 saturated carbocycles. The van der Waals surface area contributed by atoms with Gasteiger partial charge in [-0.3, -0.25) is 4.79 Å². The van der Waals surface area contributed by atoms with E-state index < -0.39 is 0 Å². The molecule has 118 valence electrons. The van der Waals surface area contributed by atoms with Crippen LogP contribution in [-0.4, -0.2) is 13.0 Å². The first-order chi connectivity index (χ1) is 11.1. The molecular formula is C17H13BrFNO2S. The van der Waals surface area contributed by atoms with Gasteiger partial charge in [-0.15, -0.1) is 11.3 Å². The number of carbonyl (C=O) groups excluding carboxylic acids is 1. The summed E-state index contributed by atoms with van der Waals surface area (Å²) in [4.78, 5) is 12.9. The Labute approximate surface area is 145 Å². The lowest BCUT2D eigenvalue weighted by molar-refractivity contribution is 0.0952. The van der Waals surface area contributed by atoms with Crippen LogP contribution in [0.3, 0.4) is 0 Å². The summed E-state index contributed by atoms with van der Waals surface area (Å²) in [7, 11) is 1.48. The number of rotatable bonds is 4. The fourth-order valence-electron chi connectivity index (χ4n) is 2.26. The molecule has 0 unspecified atom stereocenters. The van der Waals surface area contributed by atoms with Crippen LogP contribution >= 0.6 is 27.3 Å². The summed E-state index contributed by atoms with van der Waals surface area (Å²) in [5.74, 6) is -0.167. The number of thiophene rings is 1. The van der Waals surface area contributed by atoms with Gasteiger partial charge in [-0.25, -0.2) is 4.39 Å². The Morgan fingerprint density at radius 2 is 2.00 bits per heavy atom. The third kappa shape index (κ3) is 3.38. The van der Waals surface area contributed by atoms with Gasteiger partial charge in [-0.05, 0) is 35.9 Å². The zero-order valence-corrected chi connectivity index (χ0v) is 14.6. The number of hydrogen-bond donors (Lipinski definition) is 1. The Morgan fingerprint density at radius 3 is 2.70 bits per heavy atom.